The van der Waals surface area contributed by atoms with Crippen LogP contribution < -0.4 is 5.73 Å². The Morgan fingerprint density at radius 1 is 1.18 bits per heavy atom. The van der Waals surface area contributed by atoms with Gasteiger partial charge in [0.2, 0.25) is 5.60 Å². The highest BCUT2D eigenvalue weighted by Crippen LogP contribution is 2.45. The van der Waals surface area contributed by atoms with Gasteiger partial charge in [0.05, 0.1) is 24.9 Å². The molecule has 9 heteroatoms. The fraction of sp³-hybridized carbons (Fsp3) is 0.583. The Morgan fingerprint density at radius 3 is 2.48 bits per heavy atom. The molecule has 4 fully saturated rings. The number of fused-ring (bicyclic) bond motifs is 3. The van der Waals surface area contributed by atoms with Crippen molar-refractivity contribution in [1.29, 1.82) is 0 Å². The summed E-state index contributed by atoms with van der Waals surface area (Å²) in [5, 5.41) is 11.6. The Morgan fingerprint density at radius 2 is 1.88 bits per heavy atom. The number of esters is 1. The number of furan rings is 1. The summed E-state index contributed by atoms with van der Waals surface area (Å²) in [6, 6.07) is 2.71. The first kappa shape index (κ1) is 22.0. The molecule has 4 aliphatic rings. The van der Waals surface area contributed by atoms with Crippen molar-refractivity contribution in [3.8, 4) is 0 Å². The smallest absolute Gasteiger partial charge is 0.346 e. The number of aromatic nitrogens is 2. The van der Waals surface area contributed by atoms with Gasteiger partial charge in [-0.1, -0.05) is 12.8 Å². The topological polar surface area (TPSA) is 129 Å². The number of piperidine rings is 3. The maximum atomic E-state index is 13.5. The molecular formula is C24H31N4O5+. The number of primary amides is 1. The third kappa shape index (κ3) is 3.73. The highest BCUT2D eigenvalue weighted by Gasteiger charge is 2.56. The van der Waals surface area contributed by atoms with Crippen LogP contribution in [0.3, 0.4) is 0 Å². The summed E-state index contributed by atoms with van der Waals surface area (Å²) >= 11 is 0. The zero-order valence-electron chi connectivity index (χ0n) is 18.6. The summed E-state index contributed by atoms with van der Waals surface area (Å²) in [5.41, 5.74) is 4.75. The number of nitrogens with zero attached hydrogens (tertiary/aromatic N) is 3. The number of carbonyl (C=O) groups excluding carboxylic acids is 2. The molecule has 9 nitrogen and oxygen atoms in total. The van der Waals surface area contributed by atoms with Crippen LogP contribution in [-0.4, -0.2) is 57.2 Å². The van der Waals surface area contributed by atoms with E-state index in [1.807, 2.05) is 0 Å². The summed E-state index contributed by atoms with van der Waals surface area (Å²) in [6.07, 6.45) is 10.8. The van der Waals surface area contributed by atoms with Crippen LogP contribution in [0.2, 0.25) is 0 Å². The van der Waals surface area contributed by atoms with Crippen LogP contribution in [-0.2, 0) is 19.9 Å². The average Bonchev–Trinajstić information content (AvgIpc) is 3.55. The number of carbonyl (C=O) groups is 2. The molecule has 3 atom stereocenters. The van der Waals surface area contributed by atoms with Gasteiger partial charge in [0.1, 0.15) is 18.6 Å². The number of quaternary nitrogens is 1. The predicted octanol–water partition coefficient (Wildman–Crippen LogP) is 1.83. The maximum absolute atomic E-state index is 13.5. The van der Waals surface area contributed by atoms with Gasteiger partial charge in [0, 0.05) is 37.1 Å². The number of amides is 1. The molecule has 1 aliphatic carbocycles. The van der Waals surface area contributed by atoms with E-state index in [1.54, 1.807) is 24.5 Å². The fourth-order valence-electron chi connectivity index (χ4n) is 6.40. The Bertz CT molecular complexity index is 984. The van der Waals surface area contributed by atoms with Crippen molar-refractivity contribution in [1.82, 2.24) is 9.97 Å². The van der Waals surface area contributed by atoms with Crippen LogP contribution in [0.1, 0.15) is 55.9 Å². The standard InChI is InChI=1S/C24H30N4O5/c25-22(29)21(17-12-26-15-27-13-17)28-9-7-16(8-10-28)19(14-28)33-23(30)24(31,18-4-1-2-5-18)20-6-3-11-32-20/h3,6,11-13,15-16,18-19,21,31H,1-2,4-5,7-10,14H2,(H-,25,29)/p+1/t16?,19-,21?,24?,28?/m0/s1. The van der Waals surface area contributed by atoms with E-state index >= 15 is 0 Å². The van der Waals surface area contributed by atoms with Crippen molar-refractivity contribution in [2.24, 2.45) is 17.6 Å². The van der Waals surface area contributed by atoms with Gasteiger partial charge >= 0.3 is 5.97 Å². The number of hydrogen-bond donors (Lipinski definition) is 2. The molecule has 3 N–H and O–H groups in total. The lowest BCUT2D eigenvalue weighted by Crippen LogP contribution is -2.67. The molecule has 1 amide bonds. The molecule has 3 aliphatic heterocycles. The lowest BCUT2D eigenvalue weighted by molar-refractivity contribution is -0.965. The van der Waals surface area contributed by atoms with Crippen molar-refractivity contribution in [3.63, 3.8) is 0 Å². The molecule has 2 aromatic heterocycles. The summed E-state index contributed by atoms with van der Waals surface area (Å²) in [4.78, 5) is 34.3. The molecule has 6 rings (SSSR count). The van der Waals surface area contributed by atoms with E-state index in [0.29, 0.717) is 16.6 Å². The highest BCUT2D eigenvalue weighted by molar-refractivity contribution is 5.81. The van der Waals surface area contributed by atoms with Crippen molar-refractivity contribution < 1.29 is 28.3 Å². The Hall–Kier alpha value is -2.78. The molecule has 5 heterocycles. The van der Waals surface area contributed by atoms with Gasteiger partial charge < -0.3 is 24.5 Å². The van der Waals surface area contributed by atoms with Crippen LogP contribution in [0, 0.1) is 11.8 Å². The SMILES string of the molecule is NC(=O)C(c1cncnc1)[N+]12CCC(CC1)[C@@H](OC(=O)C(O)(c1ccco1)C1CCCC1)C2. The molecule has 0 radical (unpaired) electrons. The number of ether oxygens (including phenoxy) is 1. The van der Waals surface area contributed by atoms with Crippen LogP contribution >= 0.6 is 0 Å². The van der Waals surface area contributed by atoms with Crippen molar-refractivity contribution in [2.75, 3.05) is 19.6 Å². The fourth-order valence-corrected chi connectivity index (χ4v) is 6.40. The zero-order valence-corrected chi connectivity index (χ0v) is 18.6. The molecule has 3 saturated heterocycles. The molecule has 0 spiro atoms. The predicted molar refractivity (Wildman–Crippen MR) is 116 cm³/mol. The number of rotatable bonds is 7. The van der Waals surface area contributed by atoms with E-state index in [-0.39, 0.29) is 17.6 Å². The molecule has 2 bridgehead atoms. The summed E-state index contributed by atoms with van der Waals surface area (Å²) < 4.78 is 12.0. The third-order valence-corrected chi connectivity index (χ3v) is 8.09. The molecule has 33 heavy (non-hydrogen) atoms. The second kappa shape index (κ2) is 8.53. The quantitative estimate of drug-likeness (QED) is 0.481. The first-order valence-corrected chi connectivity index (χ1v) is 11.8. The van der Waals surface area contributed by atoms with Crippen LogP contribution in [0.25, 0.3) is 0 Å². The molecular weight excluding hydrogens is 424 g/mol. The largest absolute Gasteiger partial charge is 0.466 e. The number of nitrogens with two attached hydrogens (primary N) is 1. The Labute approximate surface area is 192 Å². The van der Waals surface area contributed by atoms with Gasteiger partial charge in [-0.3, -0.25) is 4.79 Å². The first-order chi connectivity index (χ1) is 15.9. The van der Waals surface area contributed by atoms with Crippen molar-refractivity contribution in [3.05, 3.63) is 48.4 Å². The Kier molecular flexibility index (Phi) is 5.70. The van der Waals surface area contributed by atoms with E-state index in [9.17, 15) is 14.7 Å². The molecule has 1 saturated carbocycles. The van der Waals surface area contributed by atoms with Crippen LogP contribution in [0.4, 0.5) is 0 Å². The van der Waals surface area contributed by atoms with E-state index in [0.717, 1.165) is 51.6 Å². The Balaban J connectivity index is 1.41. The first-order valence-electron chi connectivity index (χ1n) is 11.8. The maximum Gasteiger partial charge on any atom is 0.346 e. The lowest BCUT2D eigenvalue weighted by Gasteiger charge is -2.54. The molecule has 0 aromatic carbocycles. The average molecular weight is 456 g/mol. The van der Waals surface area contributed by atoms with Gasteiger partial charge in [-0.05, 0) is 25.0 Å². The van der Waals surface area contributed by atoms with Gasteiger partial charge in [-0.25, -0.2) is 14.8 Å². The van der Waals surface area contributed by atoms with Gasteiger partial charge in [-0.2, -0.15) is 0 Å². The summed E-state index contributed by atoms with van der Waals surface area (Å²) in [6.45, 7) is 2.01. The minimum Gasteiger partial charge on any atom is -0.466 e. The monoisotopic (exact) mass is 455 g/mol. The van der Waals surface area contributed by atoms with Crippen molar-refractivity contribution >= 4 is 11.9 Å². The summed E-state index contributed by atoms with van der Waals surface area (Å²) in [7, 11) is 0. The van der Waals surface area contributed by atoms with Gasteiger partial charge in [-0.15, -0.1) is 0 Å². The minimum atomic E-state index is -1.80. The molecule has 2 aromatic rings. The van der Waals surface area contributed by atoms with E-state index in [1.165, 1.54) is 12.6 Å². The highest BCUT2D eigenvalue weighted by atomic mass is 16.6. The van der Waals surface area contributed by atoms with E-state index in [4.69, 9.17) is 14.9 Å². The second-order valence-corrected chi connectivity index (χ2v) is 9.83. The number of aliphatic hydroxyl groups is 1. The van der Waals surface area contributed by atoms with E-state index in [2.05, 4.69) is 9.97 Å². The lowest BCUT2D eigenvalue weighted by atomic mass is 9.80. The number of hydrogen-bond acceptors (Lipinski definition) is 7. The van der Waals surface area contributed by atoms with Gasteiger partial charge in [0.15, 0.2) is 12.1 Å². The normalized spacial score (nSPS) is 30.0. The third-order valence-electron chi connectivity index (χ3n) is 8.09. The second-order valence-electron chi connectivity index (χ2n) is 9.83. The summed E-state index contributed by atoms with van der Waals surface area (Å²) in [5.74, 6) is -0.895. The minimum absolute atomic E-state index is 0.193. The van der Waals surface area contributed by atoms with Crippen LogP contribution in [0.15, 0.2) is 41.5 Å². The van der Waals surface area contributed by atoms with Crippen molar-refractivity contribution in [2.45, 2.75) is 56.3 Å². The zero-order chi connectivity index (χ0) is 23.1. The van der Waals surface area contributed by atoms with E-state index < -0.39 is 29.6 Å². The molecule has 2 unspecified atom stereocenters. The van der Waals surface area contributed by atoms with Crippen LogP contribution in [0.5, 0.6) is 0 Å². The molecule has 176 valence electrons. The van der Waals surface area contributed by atoms with Gasteiger partial charge in [0.25, 0.3) is 5.91 Å².